The first-order valence-corrected chi connectivity index (χ1v) is 5.42. The van der Waals surface area contributed by atoms with Crippen LogP contribution in [-0.2, 0) is 6.61 Å². The van der Waals surface area contributed by atoms with E-state index in [-0.39, 0.29) is 5.75 Å². The monoisotopic (exact) mass is 229 g/mol. The molecule has 0 bridgehead atoms. The minimum atomic E-state index is 0.261. The van der Waals surface area contributed by atoms with Crippen molar-refractivity contribution in [2.24, 2.45) is 0 Å². The highest BCUT2D eigenvalue weighted by Crippen LogP contribution is 2.21. The Kier molecular flexibility index (Phi) is 3.19. The number of nitrogen functional groups attached to an aromatic ring is 1. The van der Waals surface area contributed by atoms with Crippen molar-refractivity contribution in [3.8, 4) is 11.5 Å². The molecule has 88 valence electrons. The number of ether oxygens (including phenoxy) is 1. The van der Waals surface area contributed by atoms with Gasteiger partial charge in [0.15, 0.2) is 0 Å². The van der Waals surface area contributed by atoms with Gasteiger partial charge >= 0.3 is 0 Å². The Bertz CT molecular complexity index is 506. The smallest absolute Gasteiger partial charge is 0.122 e. The van der Waals surface area contributed by atoms with Crippen LogP contribution in [0.15, 0.2) is 42.5 Å². The number of aryl methyl sites for hydroxylation is 1. The molecular weight excluding hydrogens is 214 g/mol. The highest BCUT2D eigenvalue weighted by Gasteiger charge is 2.00. The number of phenols is 1. The Morgan fingerprint density at radius 3 is 2.47 bits per heavy atom. The zero-order valence-electron chi connectivity index (χ0n) is 9.68. The van der Waals surface area contributed by atoms with E-state index >= 15 is 0 Å². The van der Waals surface area contributed by atoms with E-state index in [0.29, 0.717) is 6.61 Å². The number of nitrogens with two attached hydrogens (primary N) is 1. The molecule has 0 aliphatic heterocycles. The van der Waals surface area contributed by atoms with Gasteiger partial charge < -0.3 is 15.6 Å². The molecule has 0 aromatic heterocycles. The van der Waals surface area contributed by atoms with Crippen LogP contribution in [0.3, 0.4) is 0 Å². The van der Waals surface area contributed by atoms with Crippen molar-refractivity contribution < 1.29 is 9.84 Å². The summed E-state index contributed by atoms with van der Waals surface area (Å²) >= 11 is 0. The van der Waals surface area contributed by atoms with Crippen LogP contribution in [0.5, 0.6) is 11.5 Å². The van der Waals surface area contributed by atoms with Crippen LogP contribution in [-0.4, -0.2) is 5.11 Å². The Morgan fingerprint density at radius 2 is 1.82 bits per heavy atom. The molecule has 0 heterocycles. The molecule has 17 heavy (non-hydrogen) atoms. The third-order valence-corrected chi connectivity index (χ3v) is 2.53. The van der Waals surface area contributed by atoms with Gasteiger partial charge in [-0.1, -0.05) is 12.1 Å². The maximum atomic E-state index is 9.16. The fourth-order valence-electron chi connectivity index (χ4n) is 1.59. The summed E-state index contributed by atoms with van der Waals surface area (Å²) in [4.78, 5) is 0. The Balaban J connectivity index is 2.04. The van der Waals surface area contributed by atoms with Crippen molar-refractivity contribution in [1.82, 2.24) is 0 Å². The maximum absolute atomic E-state index is 9.16. The summed E-state index contributed by atoms with van der Waals surface area (Å²) in [7, 11) is 0. The van der Waals surface area contributed by atoms with Gasteiger partial charge in [0.2, 0.25) is 0 Å². The van der Waals surface area contributed by atoms with Gasteiger partial charge in [-0.25, -0.2) is 0 Å². The van der Waals surface area contributed by atoms with Crippen LogP contribution in [0.4, 0.5) is 5.69 Å². The molecule has 3 nitrogen and oxygen atoms in total. The molecule has 0 unspecified atom stereocenters. The van der Waals surface area contributed by atoms with Crippen molar-refractivity contribution >= 4 is 5.69 Å². The van der Waals surface area contributed by atoms with Crippen molar-refractivity contribution in [2.75, 3.05) is 5.73 Å². The molecule has 2 aromatic carbocycles. The van der Waals surface area contributed by atoms with Crippen LogP contribution in [0, 0.1) is 6.92 Å². The summed E-state index contributed by atoms with van der Waals surface area (Å²) in [6.45, 7) is 2.44. The fourth-order valence-corrected chi connectivity index (χ4v) is 1.59. The standard InChI is InChI=1S/C14H15NO2/c1-10-8-12(15)4-7-14(10)17-9-11-2-5-13(16)6-3-11/h2-8,16H,9,15H2,1H3. The first kappa shape index (κ1) is 11.3. The second-order valence-electron chi connectivity index (χ2n) is 3.98. The van der Waals surface area contributed by atoms with Gasteiger partial charge in [0.1, 0.15) is 18.1 Å². The van der Waals surface area contributed by atoms with E-state index in [2.05, 4.69) is 0 Å². The van der Waals surface area contributed by atoms with E-state index in [4.69, 9.17) is 15.6 Å². The van der Waals surface area contributed by atoms with Crippen molar-refractivity contribution in [2.45, 2.75) is 13.5 Å². The molecule has 2 aromatic rings. The number of benzene rings is 2. The van der Waals surface area contributed by atoms with E-state index in [9.17, 15) is 0 Å². The molecular formula is C14H15NO2. The lowest BCUT2D eigenvalue weighted by Crippen LogP contribution is -1.97. The van der Waals surface area contributed by atoms with E-state index in [0.717, 1.165) is 22.6 Å². The van der Waals surface area contributed by atoms with Gasteiger partial charge in [0.05, 0.1) is 0 Å². The second-order valence-corrected chi connectivity index (χ2v) is 3.98. The number of phenolic OH excluding ortho intramolecular Hbond substituents is 1. The van der Waals surface area contributed by atoms with Gasteiger partial charge in [-0.05, 0) is 48.4 Å². The van der Waals surface area contributed by atoms with Gasteiger partial charge in [-0.2, -0.15) is 0 Å². The molecule has 0 amide bonds. The summed E-state index contributed by atoms with van der Waals surface area (Å²) in [5.41, 5.74) is 8.43. The lowest BCUT2D eigenvalue weighted by Gasteiger charge is -2.09. The van der Waals surface area contributed by atoms with Crippen LogP contribution in [0.2, 0.25) is 0 Å². The van der Waals surface area contributed by atoms with Gasteiger partial charge in [-0.15, -0.1) is 0 Å². The summed E-state index contributed by atoms with van der Waals surface area (Å²) < 4.78 is 5.68. The average Bonchev–Trinajstić information content (AvgIpc) is 2.30. The predicted octanol–water partition coefficient (Wildman–Crippen LogP) is 2.86. The number of rotatable bonds is 3. The van der Waals surface area contributed by atoms with Crippen LogP contribution < -0.4 is 10.5 Å². The maximum Gasteiger partial charge on any atom is 0.122 e. The quantitative estimate of drug-likeness (QED) is 0.796. The Labute approximate surface area is 100 Å². The lowest BCUT2D eigenvalue weighted by molar-refractivity contribution is 0.304. The van der Waals surface area contributed by atoms with Gasteiger partial charge in [-0.3, -0.25) is 0 Å². The largest absolute Gasteiger partial charge is 0.508 e. The van der Waals surface area contributed by atoms with Crippen molar-refractivity contribution in [3.63, 3.8) is 0 Å². The third-order valence-electron chi connectivity index (χ3n) is 2.53. The predicted molar refractivity (Wildman–Crippen MR) is 68.0 cm³/mol. The van der Waals surface area contributed by atoms with E-state index in [1.807, 2.05) is 37.3 Å². The molecule has 0 fully saturated rings. The molecule has 2 rings (SSSR count). The van der Waals surface area contributed by atoms with Crippen LogP contribution >= 0.6 is 0 Å². The molecule has 0 atom stereocenters. The first-order valence-electron chi connectivity index (χ1n) is 5.42. The summed E-state index contributed by atoms with van der Waals surface area (Å²) in [5.74, 6) is 1.09. The fraction of sp³-hybridized carbons (Fsp3) is 0.143. The van der Waals surface area contributed by atoms with E-state index < -0.39 is 0 Å². The minimum Gasteiger partial charge on any atom is -0.508 e. The van der Waals surface area contributed by atoms with Crippen LogP contribution in [0.1, 0.15) is 11.1 Å². The minimum absolute atomic E-state index is 0.261. The molecule has 0 saturated heterocycles. The normalized spacial score (nSPS) is 10.2. The summed E-state index contributed by atoms with van der Waals surface area (Å²) in [6.07, 6.45) is 0. The molecule has 0 radical (unpaired) electrons. The average molecular weight is 229 g/mol. The topological polar surface area (TPSA) is 55.5 Å². The number of anilines is 1. The Hall–Kier alpha value is -2.16. The zero-order chi connectivity index (χ0) is 12.3. The Morgan fingerprint density at radius 1 is 1.12 bits per heavy atom. The second kappa shape index (κ2) is 4.78. The van der Waals surface area contributed by atoms with E-state index in [1.165, 1.54) is 0 Å². The summed E-state index contributed by atoms with van der Waals surface area (Å²) in [5, 5.41) is 9.16. The van der Waals surface area contributed by atoms with E-state index in [1.54, 1.807) is 12.1 Å². The van der Waals surface area contributed by atoms with Crippen molar-refractivity contribution in [1.29, 1.82) is 0 Å². The molecule has 0 saturated carbocycles. The molecule has 0 spiro atoms. The number of aromatic hydroxyl groups is 1. The summed E-state index contributed by atoms with van der Waals surface area (Å²) in [6, 6.07) is 12.5. The molecule has 3 heteroatoms. The van der Waals surface area contributed by atoms with Crippen LogP contribution in [0.25, 0.3) is 0 Å². The number of hydrogen-bond acceptors (Lipinski definition) is 3. The zero-order valence-corrected chi connectivity index (χ0v) is 9.68. The third kappa shape index (κ3) is 2.91. The van der Waals surface area contributed by atoms with Gasteiger partial charge in [0, 0.05) is 5.69 Å². The number of hydrogen-bond donors (Lipinski definition) is 2. The molecule has 0 aliphatic carbocycles. The highest BCUT2D eigenvalue weighted by molar-refractivity contribution is 5.47. The SMILES string of the molecule is Cc1cc(N)ccc1OCc1ccc(O)cc1. The first-order chi connectivity index (χ1) is 8.15. The van der Waals surface area contributed by atoms with Crippen molar-refractivity contribution in [3.05, 3.63) is 53.6 Å². The molecule has 0 aliphatic rings. The molecule has 3 N–H and O–H groups in total. The highest BCUT2D eigenvalue weighted by atomic mass is 16.5. The lowest BCUT2D eigenvalue weighted by atomic mass is 10.2. The van der Waals surface area contributed by atoms with Gasteiger partial charge in [0.25, 0.3) is 0 Å².